The third-order valence-corrected chi connectivity index (χ3v) is 2.40. The van der Waals surface area contributed by atoms with E-state index in [2.05, 4.69) is 10.1 Å². The Bertz CT molecular complexity index is 528. The predicted molar refractivity (Wildman–Crippen MR) is 61.6 cm³/mol. The maximum atomic E-state index is 13.5. The fourth-order valence-electron chi connectivity index (χ4n) is 1.52. The molecule has 0 radical (unpaired) electrons. The van der Waals surface area contributed by atoms with E-state index in [0.29, 0.717) is 18.9 Å². The maximum absolute atomic E-state index is 13.5. The second-order valence-electron chi connectivity index (χ2n) is 3.78. The summed E-state index contributed by atoms with van der Waals surface area (Å²) in [5.41, 5.74) is 0.179. The van der Waals surface area contributed by atoms with Gasteiger partial charge in [-0.1, -0.05) is 5.16 Å². The normalized spacial score (nSPS) is 10.8. The molecule has 6 heteroatoms. The summed E-state index contributed by atoms with van der Waals surface area (Å²) < 4.78 is 23.4. The van der Waals surface area contributed by atoms with Crippen molar-refractivity contribution in [1.29, 1.82) is 0 Å². The fourth-order valence-corrected chi connectivity index (χ4v) is 1.52. The van der Waals surface area contributed by atoms with Crippen LogP contribution in [0.3, 0.4) is 0 Å². The number of methoxy groups -OCH3 is 1. The van der Waals surface area contributed by atoms with Crippen molar-refractivity contribution in [3.63, 3.8) is 0 Å². The molecule has 0 atom stereocenters. The van der Waals surface area contributed by atoms with Crippen molar-refractivity contribution in [3.8, 4) is 17.2 Å². The Labute approximate surface area is 103 Å². The van der Waals surface area contributed by atoms with Gasteiger partial charge in [0.15, 0.2) is 5.82 Å². The summed E-state index contributed by atoms with van der Waals surface area (Å²) in [5.74, 6) is -0.118. The standard InChI is InChI=1S/C12H13FN2O3/c1-17-6-2-3-11-14-12(18-15-11)9-5-4-8(16)7-10(9)13/h4-5,7,16H,2-3,6H2,1H3. The highest BCUT2D eigenvalue weighted by Crippen LogP contribution is 2.24. The maximum Gasteiger partial charge on any atom is 0.260 e. The van der Waals surface area contributed by atoms with Crippen molar-refractivity contribution in [2.75, 3.05) is 13.7 Å². The molecule has 0 saturated carbocycles. The van der Waals surface area contributed by atoms with Gasteiger partial charge in [-0.2, -0.15) is 4.98 Å². The van der Waals surface area contributed by atoms with E-state index in [4.69, 9.17) is 14.4 Å². The Kier molecular flexibility index (Phi) is 3.88. The van der Waals surface area contributed by atoms with Crippen molar-refractivity contribution >= 4 is 0 Å². The predicted octanol–water partition coefficient (Wildman–Crippen LogP) is 2.16. The third kappa shape index (κ3) is 2.84. The molecule has 0 bridgehead atoms. The molecule has 1 N–H and O–H groups in total. The topological polar surface area (TPSA) is 68.4 Å². The van der Waals surface area contributed by atoms with Gasteiger partial charge < -0.3 is 14.4 Å². The van der Waals surface area contributed by atoms with Gasteiger partial charge in [-0.15, -0.1) is 0 Å². The summed E-state index contributed by atoms with van der Waals surface area (Å²) in [6.45, 7) is 0.609. The minimum Gasteiger partial charge on any atom is -0.508 e. The lowest BCUT2D eigenvalue weighted by Gasteiger charge is -1.97. The number of benzene rings is 1. The van der Waals surface area contributed by atoms with E-state index >= 15 is 0 Å². The summed E-state index contributed by atoms with van der Waals surface area (Å²) in [7, 11) is 1.62. The molecular weight excluding hydrogens is 239 g/mol. The van der Waals surface area contributed by atoms with Crippen LogP contribution < -0.4 is 0 Å². The van der Waals surface area contributed by atoms with E-state index in [1.54, 1.807) is 7.11 Å². The molecule has 2 rings (SSSR count). The average molecular weight is 252 g/mol. The molecule has 0 aliphatic carbocycles. The molecule has 1 aromatic heterocycles. The molecular formula is C12H13FN2O3. The number of aromatic nitrogens is 2. The monoisotopic (exact) mass is 252 g/mol. The first-order valence-electron chi connectivity index (χ1n) is 5.51. The van der Waals surface area contributed by atoms with E-state index in [9.17, 15) is 4.39 Å². The van der Waals surface area contributed by atoms with Gasteiger partial charge in [-0.05, 0) is 18.6 Å². The van der Waals surface area contributed by atoms with Crippen LogP contribution in [-0.2, 0) is 11.2 Å². The number of phenols is 1. The SMILES string of the molecule is COCCCc1noc(-c2ccc(O)cc2F)n1. The molecule has 0 aliphatic heterocycles. The molecule has 0 aliphatic rings. The van der Waals surface area contributed by atoms with Gasteiger partial charge in [0.1, 0.15) is 11.6 Å². The van der Waals surface area contributed by atoms with E-state index in [-0.39, 0.29) is 17.2 Å². The number of halogens is 1. The van der Waals surface area contributed by atoms with Gasteiger partial charge in [-0.25, -0.2) is 4.39 Å². The van der Waals surface area contributed by atoms with E-state index in [1.165, 1.54) is 12.1 Å². The van der Waals surface area contributed by atoms with E-state index < -0.39 is 5.82 Å². The Morgan fingerprint density at radius 1 is 1.44 bits per heavy atom. The lowest BCUT2D eigenvalue weighted by atomic mass is 10.2. The van der Waals surface area contributed by atoms with Gasteiger partial charge in [0, 0.05) is 26.2 Å². The van der Waals surface area contributed by atoms with Crippen LogP contribution in [0.4, 0.5) is 4.39 Å². The zero-order chi connectivity index (χ0) is 13.0. The van der Waals surface area contributed by atoms with Crippen LogP contribution in [0.15, 0.2) is 22.7 Å². The minimum atomic E-state index is -0.595. The largest absolute Gasteiger partial charge is 0.508 e. The van der Waals surface area contributed by atoms with Gasteiger partial charge >= 0.3 is 0 Å². The number of phenolic OH excluding ortho intramolecular Hbond substituents is 1. The second-order valence-corrected chi connectivity index (χ2v) is 3.78. The molecule has 2 aromatic rings. The summed E-state index contributed by atoms with van der Waals surface area (Å²) >= 11 is 0. The number of nitrogens with zero attached hydrogens (tertiary/aromatic N) is 2. The van der Waals surface area contributed by atoms with E-state index in [0.717, 1.165) is 12.5 Å². The number of aryl methyl sites for hydroxylation is 1. The highest BCUT2D eigenvalue weighted by atomic mass is 19.1. The molecule has 0 saturated heterocycles. The van der Waals surface area contributed by atoms with Crippen molar-refractivity contribution in [2.24, 2.45) is 0 Å². The molecule has 1 aromatic carbocycles. The smallest absolute Gasteiger partial charge is 0.260 e. The number of hydrogen-bond acceptors (Lipinski definition) is 5. The Morgan fingerprint density at radius 2 is 2.28 bits per heavy atom. The van der Waals surface area contributed by atoms with Crippen LogP contribution >= 0.6 is 0 Å². The summed E-state index contributed by atoms with van der Waals surface area (Å²) in [6, 6.07) is 3.77. The molecule has 96 valence electrons. The highest BCUT2D eigenvalue weighted by molar-refractivity contribution is 5.55. The Morgan fingerprint density at radius 3 is 3.00 bits per heavy atom. The van der Waals surface area contributed by atoms with Crippen molar-refractivity contribution in [1.82, 2.24) is 10.1 Å². The quantitative estimate of drug-likeness (QED) is 0.826. The Balaban J connectivity index is 2.13. The van der Waals surface area contributed by atoms with Crippen LogP contribution in [0.25, 0.3) is 11.5 Å². The molecule has 0 fully saturated rings. The van der Waals surface area contributed by atoms with E-state index in [1.807, 2.05) is 0 Å². The van der Waals surface area contributed by atoms with Gasteiger partial charge in [0.2, 0.25) is 0 Å². The number of hydrogen-bond donors (Lipinski definition) is 1. The summed E-state index contributed by atoms with van der Waals surface area (Å²) in [6.07, 6.45) is 1.38. The first kappa shape index (κ1) is 12.5. The van der Waals surface area contributed by atoms with Crippen molar-refractivity contribution in [2.45, 2.75) is 12.8 Å². The molecule has 0 amide bonds. The number of rotatable bonds is 5. The second kappa shape index (κ2) is 5.59. The van der Waals surface area contributed by atoms with Crippen LogP contribution in [-0.4, -0.2) is 29.0 Å². The lowest BCUT2D eigenvalue weighted by Crippen LogP contribution is -1.94. The van der Waals surface area contributed by atoms with Gasteiger partial charge in [0.25, 0.3) is 5.89 Å². The zero-order valence-corrected chi connectivity index (χ0v) is 9.89. The van der Waals surface area contributed by atoms with Gasteiger partial charge in [-0.3, -0.25) is 0 Å². The first-order chi connectivity index (χ1) is 8.70. The van der Waals surface area contributed by atoms with Crippen LogP contribution in [0.5, 0.6) is 5.75 Å². The van der Waals surface area contributed by atoms with Gasteiger partial charge in [0.05, 0.1) is 5.56 Å². The van der Waals surface area contributed by atoms with Crippen LogP contribution in [0.2, 0.25) is 0 Å². The number of aromatic hydroxyl groups is 1. The fraction of sp³-hybridized carbons (Fsp3) is 0.333. The Hall–Kier alpha value is -1.95. The number of ether oxygens (including phenoxy) is 1. The molecule has 5 nitrogen and oxygen atoms in total. The summed E-state index contributed by atoms with van der Waals surface area (Å²) in [5, 5.41) is 12.9. The van der Waals surface area contributed by atoms with Crippen LogP contribution in [0, 0.1) is 5.82 Å². The first-order valence-corrected chi connectivity index (χ1v) is 5.51. The van der Waals surface area contributed by atoms with Crippen molar-refractivity contribution in [3.05, 3.63) is 29.8 Å². The minimum absolute atomic E-state index is 0.111. The molecule has 18 heavy (non-hydrogen) atoms. The zero-order valence-electron chi connectivity index (χ0n) is 9.89. The molecule has 0 unspecified atom stereocenters. The van der Waals surface area contributed by atoms with Crippen LogP contribution in [0.1, 0.15) is 12.2 Å². The molecule has 1 heterocycles. The van der Waals surface area contributed by atoms with Crippen molar-refractivity contribution < 1.29 is 18.8 Å². The highest BCUT2D eigenvalue weighted by Gasteiger charge is 2.13. The third-order valence-electron chi connectivity index (χ3n) is 2.40. The lowest BCUT2D eigenvalue weighted by molar-refractivity contribution is 0.194. The summed E-state index contributed by atoms with van der Waals surface area (Å²) in [4.78, 5) is 4.09. The molecule has 0 spiro atoms. The average Bonchev–Trinajstić information content (AvgIpc) is 2.78.